The average Bonchev–Trinajstić information content (AvgIpc) is 2.58. The van der Waals surface area contributed by atoms with Crippen molar-refractivity contribution in [3.05, 3.63) is 12.7 Å². The van der Waals surface area contributed by atoms with E-state index in [9.17, 15) is 0 Å². The van der Waals surface area contributed by atoms with Crippen LogP contribution in [0.15, 0.2) is 12.7 Å². The Morgan fingerprint density at radius 3 is 1.91 bits per heavy atom. The molecule has 0 radical (unpaired) electrons. The normalized spacial score (nSPS) is 32.8. The van der Waals surface area contributed by atoms with Crippen molar-refractivity contribution in [3.63, 3.8) is 0 Å². The summed E-state index contributed by atoms with van der Waals surface area (Å²) in [5.74, 6) is 4.12. The fraction of sp³-hybridized carbons (Fsp3) is 0.905. The molecular weight excluding hydrogens is 268 g/mol. The first kappa shape index (κ1) is 18.0. The molecule has 2 rings (SSSR count). The highest BCUT2D eigenvalue weighted by molar-refractivity contribution is 4.82. The van der Waals surface area contributed by atoms with Crippen LogP contribution in [-0.4, -0.2) is 13.2 Å². The van der Waals surface area contributed by atoms with Crippen molar-refractivity contribution in [2.24, 2.45) is 23.7 Å². The van der Waals surface area contributed by atoms with Crippen LogP contribution in [0.3, 0.4) is 0 Å². The molecule has 2 saturated carbocycles. The first-order chi connectivity index (χ1) is 10.8. The molecular formula is C21H38O. The fourth-order valence-electron chi connectivity index (χ4n) is 4.81. The van der Waals surface area contributed by atoms with Crippen LogP contribution < -0.4 is 0 Å². The van der Waals surface area contributed by atoms with E-state index in [0.29, 0.717) is 0 Å². The zero-order valence-electron chi connectivity index (χ0n) is 14.9. The highest BCUT2D eigenvalue weighted by Crippen LogP contribution is 2.42. The quantitative estimate of drug-likeness (QED) is 0.354. The first-order valence-corrected chi connectivity index (χ1v) is 10.0. The molecule has 0 heterocycles. The lowest BCUT2D eigenvalue weighted by molar-refractivity contribution is 0.110. The van der Waals surface area contributed by atoms with E-state index in [2.05, 4.69) is 13.5 Å². The summed E-state index contributed by atoms with van der Waals surface area (Å²) in [7, 11) is 0. The molecule has 2 aliphatic rings. The lowest BCUT2D eigenvalue weighted by Crippen LogP contribution is -2.26. The van der Waals surface area contributed by atoms with Gasteiger partial charge in [-0.2, -0.15) is 0 Å². The largest absolute Gasteiger partial charge is 0.377 e. The van der Waals surface area contributed by atoms with E-state index in [1.807, 2.05) is 6.08 Å². The Kier molecular flexibility index (Phi) is 8.59. The van der Waals surface area contributed by atoms with Gasteiger partial charge in [-0.3, -0.25) is 0 Å². The zero-order valence-corrected chi connectivity index (χ0v) is 14.9. The number of hydrogen-bond donors (Lipinski definition) is 0. The maximum absolute atomic E-state index is 5.55. The summed E-state index contributed by atoms with van der Waals surface area (Å²) in [5.41, 5.74) is 0. The van der Waals surface area contributed by atoms with Crippen molar-refractivity contribution >= 4 is 0 Å². The van der Waals surface area contributed by atoms with Crippen molar-refractivity contribution < 1.29 is 4.74 Å². The SMILES string of the molecule is C=CCOCCC1CCC(C2CCC(CCCC)CC2)CC1. The van der Waals surface area contributed by atoms with Gasteiger partial charge in [0.1, 0.15) is 0 Å². The van der Waals surface area contributed by atoms with Crippen LogP contribution in [0.4, 0.5) is 0 Å². The third-order valence-electron chi connectivity index (χ3n) is 6.32. The molecule has 128 valence electrons. The van der Waals surface area contributed by atoms with Crippen molar-refractivity contribution in [1.82, 2.24) is 0 Å². The third-order valence-corrected chi connectivity index (χ3v) is 6.32. The molecule has 0 aromatic rings. The minimum Gasteiger partial charge on any atom is -0.377 e. The summed E-state index contributed by atoms with van der Waals surface area (Å²) in [6, 6.07) is 0. The molecule has 0 unspecified atom stereocenters. The summed E-state index contributed by atoms with van der Waals surface area (Å²) in [4.78, 5) is 0. The Morgan fingerprint density at radius 2 is 1.41 bits per heavy atom. The lowest BCUT2D eigenvalue weighted by atomic mass is 9.68. The van der Waals surface area contributed by atoms with Crippen molar-refractivity contribution in [2.75, 3.05) is 13.2 Å². The van der Waals surface area contributed by atoms with Gasteiger partial charge in [0.05, 0.1) is 6.61 Å². The predicted molar refractivity (Wildman–Crippen MR) is 96.1 cm³/mol. The summed E-state index contributed by atoms with van der Waals surface area (Å²) >= 11 is 0. The molecule has 0 aliphatic heterocycles. The molecule has 2 fully saturated rings. The predicted octanol–water partition coefficient (Wildman–Crippen LogP) is 6.38. The lowest BCUT2D eigenvalue weighted by Gasteiger charge is -2.38. The highest BCUT2D eigenvalue weighted by Gasteiger charge is 2.30. The molecule has 0 bridgehead atoms. The average molecular weight is 307 g/mol. The van der Waals surface area contributed by atoms with Crippen LogP contribution >= 0.6 is 0 Å². The summed E-state index contributed by atoms with van der Waals surface area (Å²) in [5, 5.41) is 0. The van der Waals surface area contributed by atoms with Gasteiger partial charge in [0, 0.05) is 6.61 Å². The van der Waals surface area contributed by atoms with Gasteiger partial charge in [0.2, 0.25) is 0 Å². The van der Waals surface area contributed by atoms with Gasteiger partial charge in [0.15, 0.2) is 0 Å². The molecule has 0 spiro atoms. The Balaban J connectivity index is 1.58. The maximum Gasteiger partial charge on any atom is 0.0644 e. The molecule has 0 N–H and O–H groups in total. The summed E-state index contributed by atoms with van der Waals surface area (Å²) < 4.78 is 5.55. The molecule has 0 saturated heterocycles. The minimum absolute atomic E-state index is 0.719. The van der Waals surface area contributed by atoms with Crippen molar-refractivity contribution in [3.8, 4) is 0 Å². The Morgan fingerprint density at radius 1 is 0.864 bits per heavy atom. The van der Waals surface area contributed by atoms with Crippen LogP contribution in [-0.2, 0) is 4.74 Å². The molecule has 0 aromatic carbocycles. The standard InChI is InChI=1S/C21H38O/c1-3-5-6-18-7-11-20(12-8-18)21-13-9-19(10-14-21)15-17-22-16-4-2/h4,18-21H,2-3,5-17H2,1H3. The van der Waals surface area contributed by atoms with Crippen LogP contribution in [0.5, 0.6) is 0 Å². The molecule has 0 aromatic heterocycles. The molecule has 22 heavy (non-hydrogen) atoms. The zero-order chi connectivity index (χ0) is 15.6. The van der Waals surface area contributed by atoms with E-state index < -0.39 is 0 Å². The monoisotopic (exact) mass is 306 g/mol. The number of hydrogen-bond acceptors (Lipinski definition) is 1. The molecule has 1 nitrogen and oxygen atoms in total. The second-order valence-electron chi connectivity index (χ2n) is 7.86. The number of unbranched alkanes of at least 4 members (excludes halogenated alkanes) is 1. The van der Waals surface area contributed by atoms with Gasteiger partial charge in [-0.1, -0.05) is 57.9 Å². The van der Waals surface area contributed by atoms with Gasteiger partial charge < -0.3 is 4.74 Å². The number of ether oxygens (including phenoxy) is 1. The third kappa shape index (κ3) is 6.07. The fourth-order valence-corrected chi connectivity index (χ4v) is 4.81. The van der Waals surface area contributed by atoms with Gasteiger partial charge in [-0.15, -0.1) is 6.58 Å². The minimum atomic E-state index is 0.719. The van der Waals surface area contributed by atoms with Crippen molar-refractivity contribution in [2.45, 2.75) is 84.0 Å². The van der Waals surface area contributed by atoms with Gasteiger partial charge in [-0.25, -0.2) is 0 Å². The Labute approximate surface area is 138 Å². The van der Waals surface area contributed by atoms with E-state index in [0.717, 1.165) is 36.9 Å². The van der Waals surface area contributed by atoms with Gasteiger partial charge in [0.25, 0.3) is 0 Å². The van der Waals surface area contributed by atoms with Crippen LogP contribution in [0.25, 0.3) is 0 Å². The molecule has 2 aliphatic carbocycles. The van der Waals surface area contributed by atoms with Crippen LogP contribution in [0.1, 0.15) is 84.0 Å². The van der Waals surface area contributed by atoms with Gasteiger partial charge in [-0.05, 0) is 55.8 Å². The molecule has 0 atom stereocenters. The topological polar surface area (TPSA) is 9.23 Å². The van der Waals surface area contributed by atoms with E-state index >= 15 is 0 Å². The number of rotatable bonds is 9. The Bertz CT molecular complexity index is 282. The molecule has 1 heteroatoms. The first-order valence-electron chi connectivity index (χ1n) is 10.0. The maximum atomic E-state index is 5.55. The van der Waals surface area contributed by atoms with E-state index in [4.69, 9.17) is 4.74 Å². The highest BCUT2D eigenvalue weighted by atomic mass is 16.5. The second-order valence-corrected chi connectivity index (χ2v) is 7.86. The molecule has 0 amide bonds. The second kappa shape index (κ2) is 10.5. The summed E-state index contributed by atoms with van der Waals surface area (Å²) in [6.07, 6.45) is 19.5. The van der Waals surface area contributed by atoms with Crippen LogP contribution in [0.2, 0.25) is 0 Å². The van der Waals surface area contributed by atoms with Gasteiger partial charge >= 0.3 is 0 Å². The van der Waals surface area contributed by atoms with Crippen LogP contribution in [0, 0.1) is 23.7 Å². The smallest absolute Gasteiger partial charge is 0.0644 e. The summed E-state index contributed by atoms with van der Waals surface area (Å²) in [6.45, 7) is 7.68. The van der Waals surface area contributed by atoms with E-state index in [1.54, 1.807) is 0 Å². The van der Waals surface area contributed by atoms with Crippen molar-refractivity contribution in [1.29, 1.82) is 0 Å². The van der Waals surface area contributed by atoms with E-state index in [1.165, 1.54) is 77.0 Å². The Hall–Kier alpha value is -0.300. The van der Waals surface area contributed by atoms with E-state index in [-0.39, 0.29) is 0 Å².